The number of nitrogens with two attached hydrogens (primary N) is 1. The third kappa shape index (κ3) is 4.29. The molecule has 1 aromatic carbocycles. The molecular weight excluding hydrogens is 382 g/mol. The summed E-state index contributed by atoms with van der Waals surface area (Å²) < 4.78 is 33.3. The van der Waals surface area contributed by atoms with Crippen LogP contribution in [0, 0.1) is 0 Å². The molecule has 3 rings (SSSR count). The molecule has 1 aliphatic heterocycles. The van der Waals surface area contributed by atoms with E-state index in [1.165, 1.54) is 23.4 Å². The highest BCUT2D eigenvalue weighted by Crippen LogP contribution is 2.27. The first kappa shape index (κ1) is 20.2. The minimum Gasteiger partial charge on any atom is -0.443 e. The Morgan fingerprint density at radius 3 is 2.46 bits per heavy atom. The first-order valence-electron chi connectivity index (χ1n) is 8.74. The highest BCUT2D eigenvalue weighted by Gasteiger charge is 2.32. The molecule has 0 spiro atoms. The summed E-state index contributed by atoms with van der Waals surface area (Å²) in [6.07, 6.45) is 2.04. The predicted octanol–water partition coefficient (Wildman–Crippen LogP) is 1.50. The SMILES string of the molecule is CC(C)(C)NS(=O)(=O)c1ccccc1-c1ncc(N2C[C@H](CN)OC2=O)cn1. The Bertz CT molecular complexity index is 970. The first-order valence-corrected chi connectivity index (χ1v) is 10.2. The molecule has 28 heavy (non-hydrogen) atoms. The van der Waals surface area contributed by atoms with Crippen LogP contribution in [0.2, 0.25) is 0 Å². The third-order valence-corrected chi connectivity index (χ3v) is 5.76. The number of amides is 1. The molecule has 0 bridgehead atoms. The lowest BCUT2D eigenvalue weighted by atomic mass is 10.1. The third-order valence-electron chi connectivity index (χ3n) is 3.94. The van der Waals surface area contributed by atoms with Crippen LogP contribution in [-0.2, 0) is 14.8 Å². The smallest absolute Gasteiger partial charge is 0.414 e. The van der Waals surface area contributed by atoms with Crippen LogP contribution < -0.4 is 15.4 Å². The molecule has 1 aromatic heterocycles. The number of hydrogen-bond acceptors (Lipinski definition) is 7. The molecule has 0 radical (unpaired) electrons. The second-order valence-corrected chi connectivity index (χ2v) is 9.12. The number of aromatic nitrogens is 2. The van der Waals surface area contributed by atoms with Crippen molar-refractivity contribution in [1.82, 2.24) is 14.7 Å². The monoisotopic (exact) mass is 405 g/mol. The predicted molar refractivity (Wildman–Crippen MR) is 104 cm³/mol. The average Bonchev–Trinajstić information content (AvgIpc) is 3.01. The lowest BCUT2D eigenvalue weighted by molar-refractivity contribution is 0.145. The van der Waals surface area contributed by atoms with Gasteiger partial charge in [0.05, 0.1) is 29.5 Å². The fourth-order valence-electron chi connectivity index (χ4n) is 2.80. The molecule has 0 saturated carbocycles. The largest absolute Gasteiger partial charge is 0.443 e. The van der Waals surface area contributed by atoms with Gasteiger partial charge in [-0.05, 0) is 32.9 Å². The van der Waals surface area contributed by atoms with E-state index in [1.807, 2.05) is 0 Å². The van der Waals surface area contributed by atoms with Gasteiger partial charge >= 0.3 is 6.09 Å². The fourth-order valence-corrected chi connectivity index (χ4v) is 4.42. The quantitative estimate of drug-likeness (QED) is 0.771. The van der Waals surface area contributed by atoms with E-state index in [-0.39, 0.29) is 23.4 Å². The Kier molecular flexibility index (Phi) is 5.37. The van der Waals surface area contributed by atoms with Crippen molar-refractivity contribution in [2.45, 2.75) is 37.3 Å². The molecule has 1 fully saturated rings. The van der Waals surface area contributed by atoms with E-state index in [2.05, 4.69) is 14.7 Å². The molecule has 9 nitrogen and oxygen atoms in total. The number of anilines is 1. The van der Waals surface area contributed by atoms with Gasteiger partial charge in [0.1, 0.15) is 6.10 Å². The standard InChI is InChI=1S/C18H23N5O4S/c1-18(2,3)22-28(25,26)15-7-5-4-6-14(15)16-20-9-12(10-21-16)23-11-13(8-19)27-17(23)24/h4-7,9-10,13,22H,8,11,19H2,1-3H3/t13-/m0/s1. The van der Waals surface area contributed by atoms with Crippen LogP contribution in [0.1, 0.15) is 20.8 Å². The number of cyclic esters (lactones) is 1. The number of carbonyl (C=O) groups is 1. The summed E-state index contributed by atoms with van der Waals surface area (Å²) in [5.74, 6) is 0.238. The lowest BCUT2D eigenvalue weighted by Gasteiger charge is -2.21. The Morgan fingerprint density at radius 2 is 1.89 bits per heavy atom. The van der Waals surface area contributed by atoms with Gasteiger partial charge in [0, 0.05) is 17.6 Å². The van der Waals surface area contributed by atoms with Crippen molar-refractivity contribution >= 4 is 21.8 Å². The van der Waals surface area contributed by atoms with E-state index in [0.717, 1.165) is 0 Å². The van der Waals surface area contributed by atoms with E-state index < -0.39 is 21.7 Å². The van der Waals surface area contributed by atoms with Gasteiger partial charge in [0.2, 0.25) is 10.0 Å². The normalized spacial score (nSPS) is 17.6. The van der Waals surface area contributed by atoms with Crippen molar-refractivity contribution in [3.8, 4) is 11.4 Å². The summed E-state index contributed by atoms with van der Waals surface area (Å²) in [5.41, 5.74) is 5.73. The molecule has 1 aliphatic rings. The zero-order valence-corrected chi connectivity index (χ0v) is 16.7. The minimum absolute atomic E-state index is 0.0847. The maximum Gasteiger partial charge on any atom is 0.414 e. The van der Waals surface area contributed by atoms with E-state index in [0.29, 0.717) is 17.8 Å². The number of rotatable bonds is 5. The van der Waals surface area contributed by atoms with E-state index >= 15 is 0 Å². The molecule has 1 saturated heterocycles. The number of nitrogens with one attached hydrogen (secondary N) is 1. The van der Waals surface area contributed by atoms with Crippen LogP contribution in [-0.4, -0.2) is 49.2 Å². The van der Waals surface area contributed by atoms with Crippen LogP contribution in [0.15, 0.2) is 41.6 Å². The van der Waals surface area contributed by atoms with Crippen molar-refractivity contribution in [3.05, 3.63) is 36.7 Å². The number of hydrogen-bond donors (Lipinski definition) is 2. The summed E-state index contributed by atoms with van der Waals surface area (Å²) in [5, 5.41) is 0. The Balaban J connectivity index is 1.93. The molecular formula is C18H23N5O4S. The second-order valence-electron chi connectivity index (χ2n) is 7.47. The maximum atomic E-state index is 12.8. The van der Waals surface area contributed by atoms with E-state index in [9.17, 15) is 13.2 Å². The summed E-state index contributed by atoms with van der Waals surface area (Å²) in [6, 6.07) is 6.50. The van der Waals surface area contributed by atoms with Gasteiger partial charge in [-0.1, -0.05) is 12.1 Å². The zero-order chi connectivity index (χ0) is 20.5. The Labute approximate surface area is 164 Å². The molecule has 1 atom stereocenters. The van der Waals surface area contributed by atoms with Gasteiger partial charge in [0.15, 0.2) is 5.82 Å². The molecule has 3 N–H and O–H groups in total. The van der Waals surface area contributed by atoms with Crippen molar-refractivity contribution < 1.29 is 17.9 Å². The number of carbonyl (C=O) groups excluding carboxylic acids is 1. The summed E-state index contributed by atoms with van der Waals surface area (Å²) in [7, 11) is -3.77. The number of nitrogens with zero attached hydrogens (tertiary/aromatic N) is 3. The molecule has 2 aromatic rings. The molecule has 1 amide bonds. The molecule has 0 aliphatic carbocycles. The van der Waals surface area contributed by atoms with Crippen LogP contribution >= 0.6 is 0 Å². The van der Waals surface area contributed by atoms with Gasteiger partial charge in [-0.25, -0.2) is 27.9 Å². The van der Waals surface area contributed by atoms with Crippen LogP contribution in [0.5, 0.6) is 0 Å². The Hall–Kier alpha value is -2.56. The topological polar surface area (TPSA) is 128 Å². The fraction of sp³-hybridized carbons (Fsp3) is 0.389. The summed E-state index contributed by atoms with van der Waals surface area (Å²) in [6.45, 7) is 5.85. The molecule has 0 unspecified atom stereocenters. The number of benzene rings is 1. The van der Waals surface area contributed by atoms with Crippen molar-refractivity contribution in [3.63, 3.8) is 0 Å². The van der Waals surface area contributed by atoms with Crippen LogP contribution in [0.3, 0.4) is 0 Å². The molecule has 150 valence electrons. The molecule has 10 heteroatoms. The number of sulfonamides is 1. The van der Waals surface area contributed by atoms with Crippen molar-refractivity contribution in [2.75, 3.05) is 18.0 Å². The van der Waals surface area contributed by atoms with Gasteiger partial charge in [-0.3, -0.25) is 4.90 Å². The average molecular weight is 405 g/mol. The summed E-state index contributed by atoms with van der Waals surface area (Å²) in [4.78, 5) is 21.9. The zero-order valence-electron chi connectivity index (χ0n) is 15.9. The minimum atomic E-state index is -3.77. The Morgan fingerprint density at radius 1 is 1.25 bits per heavy atom. The highest BCUT2D eigenvalue weighted by atomic mass is 32.2. The van der Waals surface area contributed by atoms with E-state index in [4.69, 9.17) is 10.5 Å². The van der Waals surface area contributed by atoms with Crippen molar-refractivity contribution in [1.29, 1.82) is 0 Å². The number of ether oxygens (including phenoxy) is 1. The van der Waals surface area contributed by atoms with Gasteiger partial charge in [0.25, 0.3) is 0 Å². The van der Waals surface area contributed by atoms with Gasteiger partial charge < -0.3 is 10.5 Å². The summed E-state index contributed by atoms with van der Waals surface area (Å²) >= 11 is 0. The van der Waals surface area contributed by atoms with E-state index in [1.54, 1.807) is 39.0 Å². The lowest BCUT2D eigenvalue weighted by Crippen LogP contribution is -2.40. The maximum absolute atomic E-state index is 12.8. The first-order chi connectivity index (χ1) is 13.1. The van der Waals surface area contributed by atoms with Gasteiger partial charge in [-0.2, -0.15) is 0 Å². The van der Waals surface area contributed by atoms with Crippen molar-refractivity contribution in [2.24, 2.45) is 5.73 Å². The van der Waals surface area contributed by atoms with Crippen LogP contribution in [0.4, 0.5) is 10.5 Å². The highest BCUT2D eigenvalue weighted by molar-refractivity contribution is 7.89. The molecule has 2 heterocycles. The van der Waals surface area contributed by atoms with Gasteiger partial charge in [-0.15, -0.1) is 0 Å². The second kappa shape index (κ2) is 7.46. The van der Waals surface area contributed by atoms with Crippen LogP contribution in [0.25, 0.3) is 11.4 Å².